The third-order valence-corrected chi connectivity index (χ3v) is 3.09. The molecule has 1 amide bonds. The molecule has 0 bridgehead atoms. The Morgan fingerprint density at radius 2 is 1.92 bits per heavy atom. The fourth-order valence-electron chi connectivity index (χ4n) is 1.89. The topological polar surface area (TPSA) is 119 Å². The number of aromatic hydroxyl groups is 1. The second kappa shape index (κ2) is 7.23. The Morgan fingerprint density at radius 1 is 1.21 bits per heavy atom. The summed E-state index contributed by atoms with van der Waals surface area (Å²) in [6.45, 7) is 1.34. The molecular weight excluding hydrogens is 316 g/mol. The molecular formula is C16H14N2O6. The average molecular weight is 330 g/mol. The van der Waals surface area contributed by atoms with Crippen molar-refractivity contribution in [2.75, 3.05) is 5.32 Å². The highest BCUT2D eigenvalue weighted by Crippen LogP contribution is 2.23. The standard InChI is InChI=1S/C16H14N2O6/c1-10(24-16(21)11-5-4-6-12(19)9-11)15(20)17-13-7-2-3-8-14(13)18(22)23/h2-10,19H,1H3,(H,17,20)/t10-/m0/s1. The first-order chi connectivity index (χ1) is 11.4. The van der Waals surface area contributed by atoms with E-state index in [9.17, 15) is 24.8 Å². The molecule has 8 heteroatoms. The van der Waals surface area contributed by atoms with Gasteiger partial charge in [-0.15, -0.1) is 0 Å². The van der Waals surface area contributed by atoms with Crippen molar-refractivity contribution in [3.8, 4) is 5.75 Å². The van der Waals surface area contributed by atoms with Crippen molar-refractivity contribution in [2.45, 2.75) is 13.0 Å². The molecule has 0 radical (unpaired) electrons. The van der Waals surface area contributed by atoms with Gasteiger partial charge in [-0.1, -0.05) is 18.2 Å². The molecule has 2 aromatic rings. The van der Waals surface area contributed by atoms with Crippen molar-refractivity contribution in [2.24, 2.45) is 0 Å². The lowest BCUT2D eigenvalue weighted by Crippen LogP contribution is -2.30. The van der Waals surface area contributed by atoms with Gasteiger partial charge < -0.3 is 15.2 Å². The molecule has 0 aliphatic heterocycles. The zero-order valence-electron chi connectivity index (χ0n) is 12.6. The number of benzene rings is 2. The normalized spacial score (nSPS) is 11.4. The van der Waals surface area contributed by atoms with E-state index in [2.05, 4.69) is 5.32 Å². The number of nitro benzene ring substituents is 1. The highest BCUT2D eigenvalue weighted by molar-refractivity contribution is 5.98. The Kier molecular flexibility index (Phi) is 5.10. The maximum absolute atomic E-state index is 12.1. The zero-order chi connectivity index (χ0) is 17.7. The Bertz CT molecular complexity index is 790. The number of nitrogens with zero attached hydrogens (tertiary/aromatic N) is 1. The third-order valence-electron chi connectivity index (χ3n) is 3.09. The van der Waals surface area contributed by atoms with Gasteiger partial charge in [-0.3, -0.25) is 14.9 Å². The highest BCUT2D eigenvalue weighted by atomic mass is 16.6. The number of hydrogen-bond donors (Lipinski definition) is 2. The number of anilines is 1. The van der Waals surface area contributed by atoms with E-state index in [1.165, 1.54) is 55.5 Å². The monoisotopic (exact) mass is 330 g/mol. The summed E-state index contributed by atoms with van der Waals surface area (Å²) < 4.78 is 4.99. The van der Waals surface area contributed by atoms with Gasteiger partial charge in [0.2, 0.25) is 0 Å². The van der Waals surface area contributed by atoms with Crippen molar-refractivity contribution in [3.05, 3.63) is 64.2 Å². The number of rotatable bonds is 5. The molecule has 0 aliphatic carbocycles. The van der Waals surface area contributed by atoms with Crippen LogP contribution in [-0.4, -0.2) is 28.0 Å². The molecule has 24 heavy (non-hydrogen) atoms. The van der Waals surface area contributed by atoms with Crippen molar-refractivity contribution in [1.29, 1.82) is 0 Å². The fourth-order valence-corrected chi connectivity index (χ4v) is 1.89. The Hall–Kier alpha value is -3.42. The smallest absolute Gasteiger partial charge is 0.339 e. The Morgan fingerprint density at radius 3 is 2.58 bits per heavy atom. The van der Waals surface area contributed by atoms with Crippen LogP contribution in [0.15, 0.2) is 48.5 Å². The molecule has 1 atom stereocenters. The van der Waals surface area contributed by atoms with Crippen LogP contribution in [0.4, 0.5) is 11.4 Å². The molecule has 8 nitrogen and oxygen atoms in total. The van der Waals surface area contributed by atoms with E-state index in [1.807, 2.05) is 0 Å². The average Bonchev–Trinajstić information content (AvgIpc) is 2.55. The number of esters is 1. The lowest BCUT2D eigenvalue weighted by molar-refractivity contribution is -0.383. The van der Waals surface area contributed by atoms with E-state index >= 15 is 0 Å². The van der Waals surface area contributed by atoms with Crippen molar-refractivity contribution in [3.63, 3.8) is 0 Å². The molecule has 0 fully saturated rings. The molecule has 0 saturated carbocycles. The molecule has 0 unspecified atom stereocenters. The minimum atomic E-state index is -1.18. The van der Waals surface area contributed by atoms with Gasteiger partial charge in [0.05, 0.1) is 10.5 Å². The zero-order valence-corrected chi connectivity index (χ0v) is 12.6. The van der Waals surface area contributed by atoms with Gasteiger partial charge in [-0.05, 0) is 31.2 Å². The molecule has 0 heterocycles. The van der Waals surface area contributed by atoms with Gasteiger partial charge in [0.25, 0.3) is 11.6 Å². The first-order valence-electron chi connectivity index (χ1n) is 6.93. The summed E-state index contributed by atoms with van der Waals surface area (Å²) in [5.41, 5.74) is -0.176. The summed E-state index contributed by atoms with van der Waals surface area (Å²) in [5, 5.41) is 22.6. The summed E-state index contributed by atoms with van der Waals surface area (Å²) in [5.74, 6) is -1.62. The number of nitrogens with one attached hydrogen (secondary N) is 1. The number of carbonyl (C=O) groups is 2. The predicted octanol–water partition coefficient (Wildman–Crippen LogP) is 2.48. The van der Waals surface area contributed by atoms with E-state index in [0.29, 0.717) is 0 Å². The lowest BCUT2D eigenvalue weighted by Gasteiger charge is -2.13. The summed E-state index contributed by atoms with van der Waals surface area (Å²) in [4.78, 5) is 34.3. The molecule has 0 saturated heterocycles. The molecule has 124 valence electrons. The van der Waals surface area contributed by atoms with Gasteiger partial charge >= 0.3 is 5.97 Å². The number of phenols is 1. The quantitative estimate of drug-likeness (QED) is 0.494. The SMILES string of the molecule is C[C@H](OC(=O)c1cccc(O)c1)C(=O)Nc1ccccc1[N+](=O)[O-]. The molecule has 2 rings (SSSR count). The fraction of sp³-hybridized carbons (Fsp3) is 0.125. The molecule has 2 N–H and O–H groups in total. The Labute approximate surface area is 136 Å². The van der Waals surface area contributed by atoms with Crippen molar-refractivity contribution in [1.82, 2.24) is 0 Å². The van der Waals surface area contributed by atoms with Gasteiger partial charge in [0.15, 0.2) is 6.10 Å². The van der Waals surface area contributed by atoms with E-state index in [-0.39, 0.29) is 22.7 Å². The molecule has 0 aromatic heterocycles. The van der Waals surface area contributed by atoms with E-state index in [0.717, 1.165) is 0 Å². The largest absolute Gasteiger partial charge is 0.508 e. The summed E-state index contributed by atoms with van der Waals surface area (Å²) >= 11 is 0. The second-order valence-corrected chi connectivity index (χ2v) is 4.86. The van der Waals surface area contributed by atoms with Crippen LogP contribution in [0.1, 0.15) is 17.3 Å². The Balaban J connectivity index is 2.05. The maximum atomic E-state index is 12.1. The molecule has 2 aromatic carbocycles. The van der Waals surface area contributed by atoms with Crippen LogP contribution in [0.2, 0.25) is 0 Å². The van der Waals surface area contributed by atoms with Crippen LogP contribution in [0, 0.1) is 10.1 Å². The third kappa shape index (κ3) is 4.07. The highest BCUT2D eigenvalue weighted by Gasteiger charge is 2.22. The number of ether oxygens (including phenoxy) is 1. The summed E-state index contributed by atoms with van der Waals surface area (Å²) in [6.07, 6.45) is -1.18. The molecule has 0 spiro atoms. The van der Waals surface area contributed by atoms with Crippen LogP contribution in [0.3, 0.4) is 0 Å². The number of para-hydroxylation sites is 2. The number of carbonyl (C=O) groups excluding carboxylic acids is 2. The first-order valence-corrected chi connectivity index (χ1v) is 6.93. The van der Waals surface area contributed by atoms with Crippen molar-refractivity contribution >= 4 is 23.3 Å². The van der Waals surface area contributed by atoms with Crippen LogP contribution in [0.5, 0.6) is 5.75 Å². The number of amides is 1. The van der Waals surface area contributed by atoms with E-state index < -0.39 is 22.9 Å². The number of hydrogen-bond acceptors (Lipinski definition) is 6. The minimum Gasteiger partial charge on any atom is -0.508 e. The van der Waals surface area contributed by atoms with Crippen LogP contribution in [0.25, 0.3) is 0 Å². The minimum absolute atomic E-state index is 0.00718. The van der Waals surface area contributed by atoms with Crippen LogP contribution >= 0.6 is 0 Å². The van der Waals surface area contributed by atoms with Crippen LogP contribution in [-0.2, 0) is 9.53 Å². The second-order valence-electron chi connectivity index (χ2n) is 4.86. The van der Waals surface area contributed by atoms with Gasteiger partial charge in [0, 0.05) is 6.07 Å². The summed E-state index contributed by atoms with van der Waals surface area (Å²) in [6, 6.07) is 11.1. The number of phenolic OH excluding ortho intramolecular Hbond substituents is 1. The molecule has 0 aliphatic rings. The van der Waals surface area contributed by atoms with Gasteiger partial charge in [-0.25, -0.2) is 4.79 Å². The van der Waals surface area contributed by atoms with E-state index in [4.69, 9.17) is 4.74 Å². The van der Waals surface area contributed by atoms with Gasteiger partial charge in [-0.2, -0.15) is 0 Å². The predicted molar refractivity (Wildman–Crippen MR) is 84.7 cm³/mol. The van der Waals surface area contributed by atoms with Gasteiger partial charge in [0.1, 0.15) is 11.4 Å². The maximum Gasteiger partial charge on any atom is 0.339 e. The van der Waals surface area contributed by atoms with Crippen LogP contribution < -0.4 is 5.32 Å². The van der Waals surface area contributed by atoms with Crippen molar-refractivity contribution < 1.29 is 24.4 Å². The number of nitro groups is 1. The first kappa shape index (κ1) is 16.9. The summed E-state index contributed by atoms with van der Waals surface area (Å²) in [7, 11) is 0. The van der Waals surface area contributed by atoms with E-state index in [1.54, 1.807) is 0 Å². The lowest BCUT2D eigenvalue weighted by atomic mass is 10.2.